The van der Waals surface area contributed by atoms with Gasteiger partial charge in [0.15, 0.2) is 6.29 Å². The maximum Gasteiger partial charge on any atom is 0.173 e. The van der Waals surface area contributed by atoms with Crippen LogP contribution in [0.3, 0.4) is 0 Å². The number of nitrogens with two attached hydrogens (primary N) is 2. The minimum absolute atomic E-state index is 0.417. The fourth-order valence-corrected chi connectivity index (χ4v) is 1.02. The molecule has 5 nitrogen and oxygen atoms in total. The Labute approximate surface area is 63.1 Å². The highest BCUT2D eigenvalue weighted by Crippen LogP contribution is 2.19. The predicted molar refractivity (Wildman–Crippen MR) is 41.0 cm³/mol. The number of nitrogens with one attached hydrogen (secondary N) is 1. The summed E-state index contributed by atoms with van der Waals surface area (Å²) < 4.78 is 4.91. The van der Waals surface area contributed by atoms with Crippen LogP contribution < -0.4 is 16.8 Å². The molecular weight excluding hydrogens is 144 g/mol. The third-order valence-corrected chi connectivity index (χ3v) is 1.52. The first-order valence-corrected chi connectivity index (χ1v) is 3.19. The van der Waals surface area contributed by atoms with Crippen molar-refractivity contribution in [1.29, 1.82) is 0 Å². The molecular formula is C6H8N4O. The summed E-state index contributed by atoms with van der Waals surface area (Å²) >= 11 is 0. The Hall–Kier alpha value is -1.49. The van der Waals surface area contributed by atoms with Gasteiger partial charge < -0.3 is 15.5 Å². The van der Waals surface area contributed by atoms with Gasteiger partial charge in [-0.3, -0.25) is 5.73 Å². The van der Waals surface area contributed by atoms with Crippen LogP contribution in [0.15, 0.2) is 21.9 Å². The van der Waals surface area contributed by atoms with E-state index in [1.54, 1.807) is 6.26 Å². The van der Waals surface area contributed by atoms with Crippen molar-refractivity contribution in [3.63, 3.8) is 0 Å². The van der Waals surface area contributed by atoms with Gasteiger partial charge in [0.25, 0.3) is 0 Å². The lowest BCUT2D eigenvalue weighted by Gasteiger charge is -2.16. The molecule has 0 bridgehead atoms. The Morgan fingerprint density at radius 2 is 2.36 bits per heavy atom. The van der Waals surface area contributed by atoms with Crippen molar-refractivity contribution in [2.45, 2.75) is 6.29 Å². The van der Waals surface area contributed by atoms with Crippen LogP contribution in [-0.2, 0) is 0 Å². The van der Waals surface area contributed by atoms with Crippen molar-refractivity contribution in [2.75, 3.05) is 5.32 Å². The molecule has 5 N–H and O–H groups in total. The van der Waals surface area contributed by atoms with E-state index in [1.807, 2.05) is 0 Å². The van der Waals surface area contributed by atoms with Gasteiger partial charge in [-0.2, -0.15) is 0 Å². The first kappa shape index (κ1) is 6.23. The summed E-state index contributed by atoms with van der Waals surface area (Å²) in [5.41, 5.74) is 12.6. The molecule has 1 aliphatic rings. The number of rotatable bonds is 0. The highest BCUT2D eigenvalue weighted by Gasteiger charge is 2.16. The van der Waals surface area contributed by atoms with E-state index in [2.05, 4.69) is 10.3 Å². The molecule has 58 valence electrons. The number of nitrogens with zero attached hydrogens (tertiary/aromatic N) is 1. The number of hydrogen-bond acceptors (Lipinski definition) is 5. The zero-order valence-electron chi connectivity index (χ0n) is 5.74. The average Bonchev–Trinajstić information content (AvgIpc) is 2.34. The normalized spacial score (nSPS) is 21.9. The summed E-state index contributed by atoms with van der Waals surface area (Å²) in [6.07, 6.45) is 2.63. The molecule has 0 aromatic carbocycles. The number of fused-ring (bicyclic) bond motifs is 1. The number of furan rings is 1. The molecule has 0 saturated heterocycles. The maximum absolute atomic E-state index is 5.55. The Morgan fingerprint density at radius 1 is 1.55 bits per heavy atom. The molecule has 0 amide bonds. The van der Waals surface area contributed by atoms with Crippen LogP contribution >= 0.6 is 0 Å². The van der Waals surface area contributed by atoms with Gasteiger partial charge in [0.2, 0.25) is 0 Å². The maximum atomic E-state index is 5.55. The van der Waals surface area contributed by atoms with Gasteiger partial charge in [-0.15, -0.1) is 0 Å². The molecule has 0 saturated carbocycles. The zero-order chi connectivity index (χ0) is 7.84. The van der Waals surface area contributed by atoms with Gasteiger partial charge in [0.05, 0.1) is 11.3 Å². The Kier molecular flexibility index (Phi) is 1.13. The highest BCUT2D eigenvalue weighted by molar-refractivity contribution is 6.03. The topological polar surface area (TPSA) is 89.6 Å². The van der Waals surface area contributed by atoms with Crippen molar-refractivity contribution in [3.8, 4) is 0 Å². The lowest BCUT2D eigenvalue weighted by Crippen LogP contribution is -2.35. The zero-order valence-corrected chi connectivity index (χ0v) is 5.74. The standard InChI is InChI=1S/C6H8N4O/c7-5-3-1-11-2-4(3)9-6(8)10-5/h1-2,6,9H,8H2,(H2,7,10). The first-order chi connectivity index (χ1) is 5.27. The van der Waals surface area contributed by atoms with Crippen LogP contribution in [0, 0.1) is 0 Å². The van der Waals surface area contributed by atoms with E-state index in [9.17, 15) is 0 Å². The Morgan fingerprint density at radius 3 is 3.18 bits per heavy atom. The Balaban J connectivity index is 2.50. The second kappa shape index (κ2) is 2.00. The summed E-state index contributed by atoms with van der Waals surface area (Å²) in [5, 5.41) is 2.89. The molecule has 0 fully saturated rings. The molecule has 1 unspecified atom stereocenters. The van der Waals surface area contributed by atoms with E-state index in [4.69, 9.17) is 15.9 Å². The van der Waals surface area contributed by atoms with Crippen LogP contribution in [0.5, 0.6) is 0 Å². The number of amidine groups is 1. The van der Waals surface area contributed by atoms with Crippen LogP contribution in [0.2, 0.25) is 0 Å². The Bertz CT molecular complexity index is 303. The molecule has 5 heteroatoms. The predicted octanol–water partition coefficient (Wildman–Crippen LogP) is -0.347. The van der Waals surface area contributed by atoms with Crippen LogP contribution in [0.1, 0.15) is 5.56 Å². The molecule has 1 aromatic rings. The summed E-state index contributed by atoms with van der Waals surface area (Å²) in [6, 6.07) is 0. The summed E-state index contributed by atoms with van der Waals surface area (Å²) in [4.78, 5) is 3.90. The van der Waals surface area contributed by atoms with E-state index < -0.39 is 6.29 Å². The van der Waals surface area contributed by atoms with Gasteiger partial charge in [-0.25, -0.2) is 4.99 Å². The fraction of sp³-hybridized carbons (Fsp3) is 0.167. The molecule has 0 spiro atoms. The second-order valence-electron chi connectivity index (χ2n) is 2.30. The summed E-state index contributed by atoms with van der Waals surface area (Å²) in [5.74, 6) is 0.417. The highest BCUT2D eigenvalue weighted by atomic mass is 16.3. The van der Waals surface area contributed by atoms with Crippen molar-refractivity contribution < 1.29 is 4.42 Å². The minimum Gasteiger partial charge on any atom is -0.470 e. The third kappa shape index (κ3) is 0.857. The molecule has 1 aliphatic heterocycles. The summed E-state index contributed by atoms with van der Waals surface area (Å²) in [7, 11) is 0. The van der Waals surface area contributed by atoms with E-state index in [-0.39, 0.29) is 0 Å². The molecule has 2 heterocycles. The van der Waals surface area contributed by atoms with E-state index in [0.29, 0.717) is 5.84 Å². The van der Waals surface area contributed by atoms with Crippen molar-refractivity contribution in [2.24, 2.45) is 16.5 Å². The van der Waals surface area contributed by atoms with Gasteiger partial charge in [-0.05, 0) is 0 Å². The lowest BCUT2D eigenvalue weighted by molar-refractivity contribution is 0.567. The van der Waals surface area contributed by atoms with E-state index in [0.717, 1.165) is 11.3 Å². The number of aliphatic imine (C=N–C) groups is 1. The molecule has 0 aliphatic carbocycles. The van der Waals surface area contributed by atoms with Gasteiger partial charge in [0.1, 0.15) is 18.4 Å². The monoisotopic (exact) mass is 152 g/mol. The number of anilines is 1. The van der Waals surface area contributed by atoms with Crippen LogP contribution in [0.4, 0.5) is 5.69 Å². The SMILES string of the molecule is NC1=NC(N)Nc2cocc21. The van der Waals surface area contributed by atoms with Crippen LogP contribution in [0.25, 0.3) is 0 Å². The third-order valence-electron chi connectivity index (χ3n) is 1.52. The van der Waals surface area contributed by atoms with Gasteiger partial charge in [-0.1, -0.05) is 0 Å². The molecule has 1 atom stereocenters. The molecule has 0 radical (unpaired) electrons. The quantitative estimate of drug-likeness (QED) is 0.474. The fourth-order valence-electron chi connectivity index (χ4n) is 1.02. The smallest absolute Gasteiger partial charge is 0.173 e. The van der Waals surface area contributed by atoms with Crippen molar-refractivity contribution in [1.82, 2.24) is 0 Å². The molecule has 1 aromatic heterocycles. The first-order valence-electron chi connectivity index (χ1n) is 3.19. The molecule has 2 rings (SSSR count). The van der Waals surface area contributed by atoms with Crippen molar-refractivity contribution >= 4 is 11.5 Å². The lowest BCUT2D eigenvalue weighted by atomic mass is 10.2. The molecule has 11 heavy (non-hydrogen) atoms. The van der Waals surface area contributed by atoms with E-state index >= 15 is 0 Å². The van der Waals surface area contributed by atoms with E-state index in [1.165, 1.54) is 6.26 Å². The average molecular weight is 152 g/mol. The van der Waals surface area contributed by atoms with Gasteiger partial charge >= 0.3 is 0 Å². The largest absolute Gasteiger partial charge is 0.470 e. The van der Waals surface area contributed by atoms with Gasteiger partial charge in [0, 0.05) is 0 Å². The van der Waals surface area contributed by atoms with Crippen LogP contribution in [-0.4, -0.2) is 12.1 Å². The minimum atomic E-state index is -0.458. The second-order valence-corrected chi connectivity index (χ2v) is 2.30. The number of hydrogen-bond donors (Lipinski definition) is 3. The van der Waals surface area contributed by atoms with Crippen molar-refractivity contribution in [3.05, 3.63) is 18.1 Å². The summed E-state index contributed by atoms with van der Waals surface area (Å²) in [6.45, 7) is 0.